The van der Waals surface area contributed by atoms with E-state index in [0.29, 0.717) is 0 Å². The molecule has 0 aliphatic carbocycles. The number of anilines is 3. The number of hydrogen-bond donors (Lipinski definition) is 0. The van der Waals surface area contributed by atoms with Gasteiger partial charge in [0.1, 0.15) is 11.2 Å². The van der Waals surface area contributed by atoms with Crippen molar-refractivity contribution in [1.29, 1.82) is 0 Å². The zero-order valence-corrected chi connectivity index (χ0v) is 36.2. The summed E-state index contributed by atoms with van der Waals surface area (Å²) in [4.78, 5) is 2.39. The van der Waals surface area contributed by atoms with Crippen LogP contribution in [0.15, 0.2) is 265 Å². The molecule has 11 aromatic carbocycles. The summed E-state index contributed by atoms with van der Waals surface area (Å²) in [6, 6.07) is 93.9. The normalized spacial score (nSPS) is 11.3. The Hall–Kier alpha value is -8.72. The third kappa shape index (κ3) is 7.31. The second-order valence-electron chi connectivity index (χ2n) is 16.9. The average Bonchev–Trinajstić information content (AvgIpc) is 3.78. The van der Waals surface area contributed by atoms with Gasteiger partial charge in [0.2, 0.25) is 0 Å². The van der Waals surface area contributed by atoms with Crippen molar-refractivity contribution in [2.45, 2.75) is 0 Å². The Balaban J connectivity index is 0.896. The van der Waals surface area contributed by atoms with Gasteiger partial charge in [0, 0.05) is 27.7 Å². The van der Waals surface area contributed by atoms with Crippen LogP contribution in [0.4, 0.5) is 17.1 Å². The van der Waals surface area contributed by atoms with Crippen LogP contribution < -0.4 is 4.90 Å². The molecule has 0 unspecified atom stereocenters. The van der Waals surface area contributed by atoms with E-state index in [-0.39, 0.29) is 0 Å². The molecule has 0 spiro atoms. The zero-order chi connectivity index (χ0) is 43.8. The fourth-order valence-electron chi connectivity index (χ4n) is 9.52. The van der Waals surface area contributed by atoms with Crippen LogP contribution in [0, 0.1) is 0 Å². The quantitative estimate of drug-likeness (QED) is 0.144. The molecule has 66 heavy (non-hydrogen) atoms. The summed E-state index contributed by atoms with van der Waals surface area (Å²) < 4.78 is 6.28. The first-order chi connectivity index (χ1) is 32.7. The van der Waals surface area contributed by atoms with Crippen molar-refractivity contribution >= 4 is 49.8 Å². The summed E-state index contributed by atoms with van der Waals surface area (Å²) in [6.07, 6.45) is 0. The Labute approximate surface area is 384 Å². The second-order valence-corrected chi connectivity index (χ2v) is 16.9. The van der Waals surface area contributed by atoms with Crippen molar-refractivity contribution in [2.75, 3.05) is 4.90 Å². The van der Waals surface area contributed by atoms with E-state index in [1.54, 1.807) is 0 Å². The lowest BCUT2D eigenvalue weighted by molar-refractivity contribution is 0.669. The summed E-state index contributed by atoms with van der Waals surface area (Å²) in [5, 5.41) is 4.78. The summed E-state index contributed by atoms with van der Waals surface area (Å²) in [6.45, 7) is 0. The maximum Gasteiger partial charge on any atom is 0.136 e. The highest BCUT2D eigenvalue weighted by Gasteiger charge is 2.20. The van der Waals surface area contributed by atoms with Gasteiger partial charge in [-0.1, -0.05) is 200 Å². The first-order valence-electron chi connectivity index (χ1n) is 22.6. The predicted molar refractivity (Wildman–Crippen MR) is 279 cm³/mol. The topological polar surface area (TPSA) is 16.4 Å². The summed E-state index contributed by atoms with van der Waals surface area (Å²) in [5.74, 6) is 0. The van der Waals surface area contributed by atoms with Crippen molar-refractivity contribution in [1.82, 2.24) is 0 Å². The summed E-state index contributed by atoms with van der Waals surface area (Å²) in [7, 11) is 0. The van der Waals surface area contributed by atoms with E-state index in [4.69, 9.17) is 4.42 Å². The molecular weight excluding hydrogens is 799 g/mol. The number of benzene rings is 11. The smallest absolute Gasteiger partial charge is 0.136 e. The molecule has 12 rings (SSSR count). The minimum absolute atomic E-state index is 0.895. The molecule has 310 valence electrons. The van der Waals surface area contributed by atoms with Crippen LogP contribution in [-0.2, 0) is 0 Å². The molecule has 2 heteroatoms. The zero-order valence-electron chi connectivity index (χ0n) is 36.2. The van der Waals surface area contributed by atoms with E-state index >= 15 is 0 Å². The molecule has 0 saturated heterocycles. The Kier molecular flexibility index (Phi) is 9.89. The van der Waals surface area contributed by atoms with Crippen LogP contribution in [0.25, 0.3) is 99.5 Å². The van der Waals surface area contributed by atoms with E-state index in [1.807, 2.05) is 12.1 Å². The Morgan fingerprint density at radius 2 is 0.712 bits per heavy atom. The van der Waals surface area contributed by atoms with Crippen molar-refractivity contribution in [3.05, 3.63) is 261 Å². The Morgan fingerprint density at radius 1 is 0.242 bits per heavy atom. The molecule has 12 aromatic rings. The first-order valence-corrected chi connectivity index (χ1v) is 22.6. The predicted octanol–water partition coefficient (Wildman–Crippen LogP) is 18.2. The average molecular weight is 842 g/mol. The largest absolute Gasteiger partial charge is 0.456 e. The van der Waals surface area contributed by atoms with Gasteiger partial charge in [-0.2, -0.15) is 0 Å². The molecule has 2 nitrogen and oxygen atoms in total. The third-order valence-corrected chi connectivity index (χ3v) is 12.9. The molecule has 1 aromatic heterocycles. The van der Waals surface area contributed by atoms with Gasteiger partial charge in [0.15, 0.2) is 0 Å². The van der Waals surface area contributed by atoms with Crippen LogP contribution >= 0.6 is 0 Å². The number of furan rings is 1. The minimum Gasteiger partial charge on any atom is -0.456 e. The molecular formula is C64H43NO. The molecule has 1 heterocycles. The van der Waals surface area contributed by atoms with Crippen LogP contribution in [-0.4, -0.2) is 0 Å². The van der Waals surface area contributed by atoms with Gasteiger partial charge in [-0.25, -0.2) is 0 Å². The van der Waals surface area contributed by atoms with Crippen LogP contribution in [0.3, 0.4) is 0 Å². The fraction of sp³-hybridized carbons (Fsp3) is 0. The minimum atomic E-state index is 0.895. The molecule has 0 aliphatic heterocycles. The second kappa shape index (κ2) is 16.8. The summed E-state index contributed by atoms with van der Waals surface area (Å²) >= 11 is 0. The van der Waals surface area contributed by atoms with Gasteiger partial charge in [-0.05, 0) is 133 Å². The molecule has 0 bridgehead atoms. The molecule has 0 amide bonds. The van der Waals surface area contributed by atoms with Gasteiger partial charge in [0.25, 0.3) is 0 Å². The number of rotatable bonds is 9. The highest BCUT2D eigenvalue weighted by molar-refractivity contribution is 6.06. The number of fused-ring (bicyclic) bond motifs is 4. The number of hydrogen-bond acceptors (Lipinski definition) is 2. The lowest BCUT2D eigenvalue weighted by Crippen LogP contribution is -2.11. The highest BCUT2D eigenvalue weighted by atomic mass is 16.3. The van der Waals surface area contributed by atoms with Gasteiger partial charge >= 0.3 is 0 Å². The Bertz CT molecular complexity index is 3680. The lowest BCUT2D eigenvalue weighted by atomic mass is 9.93. The van der Waals surface area contributed by atoms with E-state index in [2.05, 4.69) is 254 Å². The van der Waals surface area contributed by atoms with Gasteiger partial charge in [0.05, 0.1) is 5.69 Å². The SMILES string of the molecule is c1ccc(-c2ccccc2-c2ccccc2N(c2ccc(-c3ccc(-c4cccc(-c5ccc6ccccc6c5)c4)cc3)cc2)c2ccc(-c3ccc4c(c3)oc3ccccc34)cc2)cc1. The molecule has 0 atom stereocenters. The molecule has 0 fully saturated rings. The Morgan fingerprint density at radius 3 is 1.44 bits per heavy atom. The standard InChI is InChI=1S/C64H43NO/c1-2-14-49(15-3-1)57-19-6-7-20-58(57)59-21-8-10-23-62(59)65(56-38-33-48(34-39-56)54-35-40-61-60-22-9-11-24-63(60)66-64(61)43-54)55-36-31-46(32-37-55)45-25-27-47(28-26-45)51-17-12-18-52(41-51)53-30-29-44-13-4-5-16-50(44)42-53/h1-43H. The maximum atomic E-state index is 6.28. The molecule has 0 N–H and O–H groups in total. The molecule has 0 saturated carbocycles. The first kappa shape index (κ1) is 38.9. The van der Waals surface area contributed by atoms with E-state index in [9.17, 15) is 0 Å². The van der Waals surface area contributed by atoms with Crippen molar-refractivity contribution in [3.8, 4) is 66.8 Å². The van der Waals surface area contributed by atoms with Crippen molar-refractivity contribution < 1.29 is 4.42 Å². The third-order valence-electron chi connectivity index (χ3n) is 12.9. The fourth-order valence-corrected chi connectivity index (χ4v) is 9.52. The van der Waals surface area contributed by atoms with Gasteiger partial charge in [-0.15, -0.1) is 0 Å². The summed E-state index contributed by atoms with van der Waals surface area (Å²) in [5.41, 5.74) is 19.2. The van der Waals surface area contributed by atoms with Crippen LogP contribution in [0.2, 0.25) is 0 Å². The number of para-hydroxylation sites is 2. The monoisotopic (exact) mass is 841 g/mol. The van der Waals surface area contributed by atoms with E-state index in [0.717, 1.165) is 61.3 Å². The van der Waals surface area contributed by atoms with E-state index in [1.165, 1.54) is 55.3 Å². The van der Waals surface area contributed by atoms with Crippen molar-refractivity contribution in [3.63, 3.8) is 0 Å². The van der Waals surface area contributed by atoms with Gasteiger partial charge < -0.3 is 9.32 Å². The van der Waals surface area contributed by atoms with Crippen LogP contribution in [0.1, 0.15) is 0 Å². The maximum absolute atomic E-state index is 6.28. The molecule has 0 aliphatic rings. The van der Waals surface area contributed by atoms with Crippen LogP contribution in [0.5, 0.6) is 0 Å². The highest BCUT2D eigenvalue weighted by Crippen LogP contribution is 2.44. The van der Waals surface area contributed by atoms with Gasteiger partial charge in [-0.3, -0.25) is 0 Å². The lowest BCUT2D eigenvalue weighted by Gasteiger charge is -2.29. The van der Waals surface area contributed by atoms with E-state index < -0.39 is 0 Å². The molecule has 0 radical (unpaired) electrons. The number of nitrogens with zero attached hydrogens (tertiary/aromatic N) is 1. The van der Waals surface area contributed by atoms with Crippen molar-refractivity contribution in [2.24, 2.45) is 0 Å².